The molecule has 1 N–H and O–H groups in total. The predicted octanol–water partition coefficient (Wildman–Crippen LogP) is 1.96. The highest BCUT2D eigenvalue weighted by atomic mass is 31.0. The van der Waals surface area contributed by atoms with Gasteiger partial charge in [-0.2, -0.15) is 0 Å². The second-order valence-corrected chi connectivity index (χ2v) is 3.73. The van der Waals surface area contributed by atoms with Crippen LogP contribution in [0.5, 0.6) is 0 Å². The molecule has 0 radical (unpaired) electrons. The van der Waals surface area contributed by atoms with Gasteiger partial charge in [-0.15, -0.1) is 9.24 Å². The van der Waals surface area contributed by atoms with Gasteiger partial charge in [0.15, 0.2) is 0 Å². The van der Waals surface area contributed by atoms with E-state index in [1.165, 1.54) is 0 Å². The van der Waals surface area contributed by atoms with Crippen LogP contribution in [0.1, 0.15) is 18.4 Å². The second-order valence-electron chi connectivity index (χ2n) is 3.15. The zero-order chi connectivity index (χ0) is 10.2. The Morgan fingerprint density at radius 1 is 1.29 bits per heavy atom. The summed E-state index contributed by atoms with van der Waals surface area (Å²) in [5.74, 6) is 0.135. The summed E-state index contributed by atoms with van der Waals surface area (Å²) in [4.78, 5) is 11.3. The van der Waals surface area contributed by atoms with Crippen LogP contribution in [0.2, 0.25) is 0 Å². The third-order valence-electron chi connectivity index (χ3n) is 1.94. The Morgan fingerprint density at radius 3 is 2.64 bits per heavy atom. The smallest absolute Gasteiger partial charge is 0.220 e. The molecule has 1 aromatic carbocycles. The molecule has 14 heavy (non-hydrogen) atoms. The zero-order valence-corrected chi connectivity index (χ0v) is 9.36. The Morgan fingerprint density at radius 2 is 2.00 bits per heavy atom. The summed E-state index contributed by atoms with van der Waals surface area (Å²) in [5, 5.41) is 2.89. The van der Waals surface area contributed by atoms with E-state index in [1.54, 1.807) is 0 Å². The van der Waals surface area contributed by atoms with Crippen LogP contribution in [0.15, 0.2) is 30.3 Å². The van der Waals surface area contributed by atoms with Crippen LogP contribution < -0.4 is 5.32 Å². The van der Waals surface area contributed by atoms with Gasteiger partial charge in [0.1, 0.15) is 0 Å². The van der Waals surface area contributed by atoms with Crippen molar-refractivity contribution in [3.05, 3.63) is 35.9 Å². The number of amides is 1. The standard InChI is InChI=1S/C11H16NOP/c13-11(7-4-8-14)12-9-10-5-2-1-3-6-10/h1-3,5-6H,4,7-9,14H2,(H,12,13). The first kappa shape index (κ1) is 11.2. The first-order valence-corrected chi connectivity index (χ1v) is 5.65. The molecule has 0 saturated heterocycles. The molecule has 2 nitrogen and oxygen atoms in total. The molecule has 1 unspecified atom stereocenters. The minimum atomic E-state index is 0.135. The van der Waals surface area contributed by atoms with Gasteiger partial charge in [0.25, 0.3) is 0 Å². The number of hydrogen-bond donors (Lipinski definition) is 1. The highest BCUT2D eigenvalue weighted by Gasteiger charge is 1.99. The lowest BCUT2D eigenvalue weighted by atomic mass is 10.2. The minimum Gasteiger partial charge on any atom is -0.352 e. The first-order chi connectivity index (χ1) is 6.83. The molecule has 0 spiro atoms. The van der Waals surface area contributed by atoms with E-state index in [9.17, 15) is 4.79 Å². The molecule has 1 rings (SSSR count). The van der Waals surface area contributed by atoms with Gasteiger partial charge < -0.3 is 5.32 Å². The van der Waals surface area contributed by atoms with Crippen molar-refractivity contribution in [1.82, 2.24) is 5.32 Å². The van der Waals surface area contributed by atoms with Crippen LogP contribution in [0.4, 0.5) is 0 Å². The normalized spacial score (nSPS) is 9.79. The van der Waals surface area contributed by atoms with Crippen molar-refractivity contribution in [2.45, 2.75) is 19.4 Å². The summed E-state index contributed by atoms with van der Waals surface area (Å²) < 4.78 is 0. The average molecular weight is 209 g/mol. The lowest BCUT2D eigenvalue weighted by molar-refractivity contribution is -0.121. The summed E-state index contributed by atoms with van der Waals surface area (Å²) in [6.45, 7) is 0.635. The van der Waals surface area contributed by atoms with Crippen LogP contribution >= 0.6 is 9.24 Å². The van der Waals surface area contributed by atoms with Crippen LogP contribution in [0.25, 0.3) is 0 Å². The van der Waals surface area contributed by atoms with Gasteiger partial charge in [0, 0.05) is 13.0 Å². The minimum absolute atomic E-state index is 0.135. The highest BCUT2D eigenvalue weighted by molar-refractivity contribution is 7.16. The molecule has 0 aliphatic carbocycles. The Balaban J connectivity index is 2.24. The van der Waals surface area contributed by atoms with E-state index in [2.05, 4.69) is 14.6 Å². The van der Waals surface area contributed by atoms with Crippen molar-refractivity contribution in [2.75, 3.05) is 6.16 Å². The van der Waals surface area contributed by atoms with Gasteiger partial charge in [-0.25, -0.2) is 0 Å². The van der Waals surface area contributed by atoms with E-state index in [-0.39, 0.29) is 5.91 Å². The predicted molar refractivity (Wildman–Crippen MR) is 62.1 cm³/mol. The van der Waals surface area contributed by atoms with Crippen molar-refractivity contribution in [2.24, 2.45) is 0 Å². The van der Waals surface area contributed by atoms with Crippen molar-refractivity contribution in [3.63, 3.8) is 0 Å². The molecule has 0 saturated carbocycles. The molecular formula is C11H16NOP. The van der Waals surface area contributed by atoms with Crippen LogP contribution in [-0.2, 0) is 11.3 Å². The van der Waals surface area contributed by atoms with E-state index in [4.69, 9.17) is 0 Å². The largest absolute Gasteiger partial charge is 0.352 e. The van der Waals surface area contributed by atoms with Crippen molar-refractivity contribution < 1.29 is 4.79 Å². The number of nitrogens with one attached hydrogen (secondary N) is 1. The summed E-state index contributed by atoms with van der Waals surface area (Å²) in [5.41, 5.74) is 1.15. The number of carbonyl (C=O) groups excluding carboxylic acids is 1. The third kappa shape index (κ3) is 4.38. The quantitative estimate of drug-likeness (QED) is 0.738. The maximum Gasteiger partial charge on any atom is 0.220 e. The van der Waals surface area contributed by atoms with Gasteiger partial charge in [0.2, 0.25) is 5.91 Å². The molecule has 1 atom stereocenters. The number of rotatable bonds is 5. The number of carbonyl (C=O) groups is 1. The van der Waals surface area contributed by atoms with Crippen LogP contribution in [0, 0.1) is 0 Å². The van der Waals surface area contributed by atoms with Crippen LogP contribution in [-0.4, -0.2) is 12.1 Å². The number of benzene rings is 1. The molecule has 0 bridgehead atoms. The lowest BCUT2D eigenvalue weighted by Gasteiger charge is -2.04. The Hall–Kier alpha value is -0.880. The fourth-order valence-electron chi connectivity index (χ4n) is 1.15. The molecule has 0 aliphatic heterocycles. The molecule has 0 aliphatic rings. The van der Waals surface area contributed by atoms with Gasteiger partial charge >= 0.3 is 0 Å². The molecule has 3 heteroatoms. The van der Waals surface area contributed by atoms with E-state index < -0.39 is 0 Å². The Bertz CT molecular complexity index is 274. The topological polar surface area (TPSA) is 29.1 Å². The van der Waals surface area contributed by atoms with E-state index >= 15 is 0 Å². The van der Waals surface area contributed by atoms with Crippen molar-refractivity contribution >= 4 is 15.1 Å². The molecular weight excluding hydrogens is 193 g/mol. The number of hydrogen-bond acceptors (Lipinski definition) is 1. The maximum absolute atomic E-state index is 11.3. The van der Waals surface area contributed by atoms with Gasteiger partial charge in [-0.1, -0.05) is 30.3 Å². The van der Waals surface area contributed by atoms with Crippen molar-refractivity contribution in [1.29, 1.82) is 0 Å². The summed E-state index contributed by atoms with van der Waals surface area (Å²) in [7, 11) is 2.62. The molecule has 1 aromatic rings. The molecule has 0 aromatic heterocycles. The maximum atomic E-state index is 11.3. The monoisotopic (exact) mass is 209 g/mol. The lowest BCUT2D eigenvalue weighted by Crippen LogP contribution is -2.22. The van der Waals surface area contributed by atoms with Crippen molar-refractivity contribution in [3.8, 4) is 0 Å². The third-order valence-corrected chi connectivity index (χ3v) is 2.35. The van der Waals surface area contributed by atoms with Gasteiger partial charge in [-0.05, 0) is 18.1 Å². The SMILES string of the molecule is O=C(CCCP)NCc1ccccc1. The van der Waals surface area contributed by atoms with E-state index in [0.717, 1.165) is 18.1 Å². The fraction of sp³-hybridized carbons (Fsp3) is 0.364. The van der Waals surface area contributed by atoms with E-state index in [0.29, 0.717) is 13.0 Å². The Labute approximate surface area is 87.3 Å². The Kier molecular flexibility index (Phi) is 5.24. The van der Waals surface area contributed by atoms with Crippen LogP contribution in [0.3, 0.4) is 0 Å². The van der Waals surface area contributed by atoms with Gasteiger partial charge in [-0.3, -0.25) is 4.79 Å². The summed E-state index contributed by atoms with van der Waals surface area (Å²) in [6.07, 6.45) is 2.54. The zero-order valence-electron chi connectivity index (χ0n) is 8.20. The average Bonchev–Trinajstić information content (AvgIpc) is 2.25. The molecule has 0 fully saturated rings. The summed E-state index contributed by atoms with van der Waals surface area (Å²) in [6, 6.07) is 9.94. The van der Waals surface area contributed by atoms with E-state index in [1.807, 2.05) is 30.3 Å². The fourth-order valence-corrected chi connectivity index (χ4v) is 1.35. The summed E-state index contributed by atoms with van der Waals surface area (Å²) >= 11 is 0. The second kappa shape index (κ2) is 6.56. The first-order valence-electron chi connectivity index (χ1n) is 4.83. The highest BCUT2D eigenvalue weighted by Crippen LogP contribution is 1.98. The molecule has 0 heterocycles. The van der Waals surface area contributed by atoms with Gasteiger partial charge in [0.05, 0.1) is 0 Å². The molecule has 1 amide bonds. The molecule has 76 valence electrons.